The largest absolute Gasteiger partial charge is 0.348 e. The highest BCUT2D eigenvalue weighted by Gasteiger charge is 2.10. The molecule has 0 atom stereocenters. The molecule has 134 valence electrons. The van der Waals surface area contributed by atoms with Crippen LogP contribution in [0.1, 0.15) is 15.9 Å². The standard InChI is InChI=1S/C17H16N4O4S/c1-21-10-20-15-8-12(4-7-14(15)17(21)23)16(22)19-9-11-2-5-13(6-3-11)26(18,24)25/h2-8,10H,9H2,1H3,(H,19,22)(H2,18,24,25). The Kier molecular flexibility index (Phi) is 4.58. The molecule has 0 saturated carbocycles. The number of nitrogens with zero attached hydrogens (tertiary/aromatic N) is 2. The van der Waals surface area contributed by atoms with E-state index >= 15 is 0 Å². The minimum absolute atomic E-state index is 0.00904. The molecule has 0 spiro atoms. The fourth-order valence-electron chi connectivity index (χ4n) is 2.43. The van der Waals surface area contributed by atoms with Crippen LogP contribution in [0.4, 0.5) is 0 Å². The van der Waals surface area contributed by atoms with Crippen molar-refractivity contribution in [2.75, 3.05) is 0 Å². The number of nitrogens with two attached hydrogens (primary N) is 1. The second-order valence-corrected chi connectivity index (χ2v) is 7.33. The summed E-state index contributed by atoms with van der Waals surface area (Å²) in [5.74, 6) is -0.329. The monoisotopic (exact) mass is 372 g/mol. The van der Waals surface area contributed by atoms with Crippen molar-refractivity contribution in [2.24, 2.45) is 12.2 Å². The van der Waals surface area contributed by atoms with E-state index in [0.717, 1.165) is 5.56 Å². The molecule has 3 N–H and O–H groups in total. The van der Waals surface area contributed by atoms with Gasteiger partial charge in [-0.15, -0.1) is 0 Å². The summed E-state index contributed by atoms with van der Waals surface area (Å²) in [5, 5.41) is 8.21. The van der Waals surface area contributed by atoms with Crippen LogP contribution in [0.15, 0.2) is 58.5 Å². The number of benzene rings is 2. The van der Waals surface area contributed by atoms with Gasteiger partial charge in [0.2, 0.25) is 10.0 Å². The quantitative estimate of drug-likeness (QED) is 0.690. The highest BCUT2D eigenvalue weighted by molar-refractivity contribution is 7.89. The Morgan fingerprint density at radius 3 is 2.54 bits per heavy atom. The molecule has 0 aliphatic heterocycles. The smallest absolute Gasteiger partial charge is 0.260 e. The first-order valence-corrected chi connectivity index (χ1v) is 9.16. The average Bonchev–Trinajstić information content (AvgIpc) is 2.62. The van der Waals surface area contributed by atoms with E-state index in [1.165, 1.54) is 23.0 Å². The first-order chi connectivity index (χ1) is 12.3. The van der Waals surface area contributed by atoms with Crippen LogP contribution in [-0.2, 0) is 23.6 Å². The number of carbonyl (C=O) groups excluding carboxylic acids is 1. The molecule has 0 aliphatic rings. The Balaban J connectivity index is 1.75. The molecule has 1 aromatic heterocycles. The van der Waals surface area contributed by atoms with E-state index in [0.29, 0.717) is 16.5 Å². The minimum atomic E-state index is -3.74. The topological polar surface area (TPSA) is 124 Å². The summed E-state index contributed by atoms with van der Waals surface area (Å²) in [4.78, 5) is 28.4. The van der Waals surface area contributed by atoms with Gasteiger partial charge >= 0.3 is 0 Å². The first kappa shape index (κ1) is 17.8. The summed E-state index contributed by atoms with van der Waals surface area (Å²) in [5.41, 5.74) is 1.35. The molecule has 1 amide bonds. The third kappa shape index (κ3) is 3.63. The summed E-state index contributed by atoms with van der Waals surface area (Å²) in [6.45, 7) is 0.214. The lowest BCUT2D eigenvalue weighted by atomic mass is 10.1. The third-order valence-electron chi connectivity index (χ3n) is 3.89. The lowest BCUT2D eigenvalue weighted by molar-refractivity contribution is 0.0951. The maximum absolute atomic E-state index is 12.3. The van der Waals surface area contributed by atoms with Gasteiger partial charge in [0, 0.05) is 19.2 Å². The number of sulfonamides is 1. The highest BCUT2D eigenvalue weighted by Crippen LogP contribution is 2.11. The second kappa shape index (κ2) is 6.70. The van der Waals surface area contributed by atoms with Gasteiger partial charge in [0.15, 0.2) is 0 Å². The molecule has 9 heteroatoms. The molecule has 0 aliphatic carbocycles. The zero-order valence-corrected chi connectivity index (χ0v) is 14.7. The van der Waals surface area contributed by atoms with Gasteiger partial charge in [-0.1, -0.05) is 12.1 Å². The Morgan fingerprint density at radius 1 is 1.19 bits per heavy atom. The summed E-state index contributed by atoms with van der Waals surface area (Å²) in [6.07, 6.45) is 1.40. The lowest BCUT2D eigenvalue weighted by Crippen LogP contribution is -2.23. The maximum Gasteiger partial charge on any atom is 0.260 e. The van der Waals surface area contributed by atoms with Crippen molar-refractivity contribution >= 4 is 26.8 Å². The Labute approximate surface area is 149 Å². The van der Waals surface area contributed by atoms with E-state index in [2.05, 4.69) is 10.3 Å². The van der Waals surface area contributed by atoms with Crippen LogP contribution in [0.2, 0.25) is 0 Å². The summed E-state index contributed by atoms with van der Waals surface area (Å²) < 4.78 is 23.8. The Bertz CT molecular complexity index is 1150. The second-order valence-electron chi connectivity index (χ2n) is 5.76. The minimum Gasteiger partial charge on any atom is -0.348 e. The lowest BCUT2D eigenvalue weighted by Gasteiger charge is -2.07. The van der Waals surface area contributed by atoms with Crippen LogP contribution in [0.3, 0.4) is 0 Å². The van der Waals surface area contributed by atoms with Gasteiger partial charge in [-0.2, -0.15) is 0 Å². The number of aryl methyl sites for hydroxylation is 1. The van der Waals surface area contributed by atoms with Crippen molar-refractivity contribution in [3.05, 3.63) is 70.3 Å². The number of nitrogens with one attached hydrogen (secondary N) is 1. The predicted octanol–water partition coefficient (Wildman–Crippen LogP) is 0.511. The number of carbonyl (C=O) groups is 1. The molecule has 0 saturated heterocycles. The first-order valence-electron chi connectivity index (χ1n) is 7.61. The number of hydrogen-bond acceptors (Lipinski definition) is 5. The SMILES string of the molecule is Cn1cnc2cc(C(=O)NCc3ccc(S(N)(=O)=O)cc3)ccc2c1=O. The molecule has 1 heterocycles. The zero-order chi connectivity index (χ0) is 18.9. The molecule has 2 aromatic carbocycles. The zero-order valence-electron chi connectivity index (χ0n) is 13.8. The average molecular weight is 372 g/mol. The van der Waals surface area contributed by atoms with E-state index in [9.17, 15) is 18.0 Å². The summed E-state index contributed by atoms with van der Waals surface area (Å²) in [7, 11) is -2.14. The molecule has 3 rings (SSSR count). The maximum atomic E-state index is 12.3. The van der Waals surface area contributed by atoms with Crippen LogP contribution >= 0.6 is 0 Å². The summed E-state index contributed by atoms with van der Waals surface area (Å²) in [6, 6.07) is 10.6. The fraction of sp³-hybridized carbons (Fsp3) is 0.118. The van der Waals surface area contributed by atoms with Gasteiger partial charge in [0.1, 0.15) is 0 Å². The van der Waals surface area contributed by atoms with Crippen molar-refractivity contribution in [3.63, 3.8) is 0 Å². The molecule has 3 aromatic rings. The molecule has 0 fully saturated rings. The number of primary sulfonamides is 1. The van der Waals surface area contributed by atoms with Crippen LogP contribution in [0.25, 0.3) is 10.9 Å². The number of fused-ring (bicyclic) bond motifs is 1. The van der Waals surface area contributed by atoms with Crippen LogP contribution in [-0.4, -0.2) is 23.9 Å². The number of rotatable bonds is 4. The fourth-order valence-corrected chi connectivity index (χ4v) is 2.95. The van der Waals surface area contributed by atoms with E-state index < -0.39 is 10.0 Å². The predicted molar refractivity (Wildman–Crippen MR) is 96.0 cm³/mol. The van der Waals surface area contributed by atoms with Crippen molar-refractivity contribution in [3.8, 4) is 0 Å². The van der Waals surface area contributed by atoms with E-state index in [-0.39, 0.29) is 22.9 Å². The molecule has 26 heavy (non-hydrogen) atoms. The normalized spacial score (nSPS) is 11.5. The van der Waals surface area contributed by atoms with E-state index in [4.69, 9.17) is 5.14 Å². The van der Waals surface area contributed by atoms with Gasteiger partial charge < -0.3 is 9.88 Å². The van der Waals surface area contributed by atoms with Gasteiger partial charge in [-0.3, -0.25) is 9.59 Å². The van der Waals surface area contributed by atoms with Crippen molar-refractivity contribution in [1.82, 2.24) is 14.9 Å². The summed E-state index contributed by atoms with van der Waals surface area (Å²) >= 11 is 0. The van der Waals surface area contributed by atoms with Crippen molar-refractivity contribution in [2.45, 2.75) is 11.4 Å². The third-order valence-corrected chi connectivity index (χ3v) is 4.81. The van der Waals surface area contributed by atoms with Gasteiger partial charge in [-0.25, -0.2) is 18.5 Å². The van der Waals surface area contributed by atoms with Crippen LogP contribution in [0, 0.1) is 0 Å². The van der Waals surface area contributed by atoms with Gasteiger partial charge in [0.25, 0.3) is 11.5 Å². The molecular weight excluding hydrogens is 356 g/mol. The van der Waals surface area contributed by atoms with Crippen LogP contribution in [0.5, 0.6) is 0 Å². The Hall–Kier alpha value is -3.04. The Morgan fingerprint density at radius 2 is 1.88 bits per heavy atom. The van der Waals surface area contributed by atoms with E-state index in [1.807, 2.05) is 0 Å². The molecule has 8 nitrogen and oxygen atoms in total. The van der Waals surface area contributed by atoms with Crippen molar-refractivity contribution in [1.29, 1.82) is 0 Å². The molecule has 0 bridgehead atoms. The van der Waals surface area contributed by atoms with Gasteiger partial charge in [-0.05, 0) is 35.9 Å². The van der Waals surface area contributed by atoms with Crippen molar-refractivity contribution < 1.29 is 13.2 Å². The molecule has 0 radical (unpaired) electrons. The number of amides is 1. The highest BCUT2D eigenvalue weighted by atomic mass is 32.2. The number of hydrogen-bond donors (Lipinski definition) is 2. The molecule has 0 unspecified atom stereocenters. The number of aromatic nitrogens is 2. The van der Waals surface area contributed by atoms with Crippen LogP contribution < -0.4 is 16.0 Å². The molecular formula is C17H16N4O4S. The van der Waals surface area contributed by atoms with Gasteiger partial charge in [0.05, 0.1) is 22.1 Å². The van der Waals surface area contributed by atoms with E-state index in [1.54, 1.807) is 37.4 Å².